The predicted molar refractivity (Wildman–Crippen MR) is 123 cm³/mol. The van der Waals surface area contributed by atoms with Crippen molar-refractivity contribution in [2.75, 3.05) is 13.7 Å². The van der Waals surface area contributed by atoms with Crippen LogP contribution in [0.2, 0.25) is 0 Å². The van der Waals surface area contributed by atoms with Crippen LogP contribution in [0.3, 0.4) is 0 Å². The number of carboxylic acid groups (broad SMARTS) is 1. The number of carbonyl (C=O) groups excluding carboxylic acids is 1. The molecule has 2 N–H and O–H groups in total. The molecule has 0 fully saturated rings. The first kappa shape index (κ1) is 23.3. The topological polar surface area (TPSA) is 106 Å². The lowest BCUT2D eigenvalue weighted by Crippen LogP contribution is -2.17. The summed E-state index contributed by atoms with van der Waals surface area (Å²) in [5.41, 5.74) is 4.68. The highest BCUT2D eigenvalue weighted by Gasteiger charge is 2.10. The lowest BCUT2D eigenvalue weighted by atomic mass is 10.1. The summed E-state index contributed by atoms with van der Waals surface area (Å²) >= 11 is 0. The van der Waals surface area contributed by atoms with Crippen LogP contribution in [-0.2, 0) is 6.61 Å². The van der Waals surface area contributed by atoms with E-state index in [1.54, 1.807) is 42.5 Å². The Bertz CT molecular complexity index is 1140. The number of aromatic carboxylic acids is 1. The number of nitrogens with zero attached hydrogens (tertiary/aromatic N) is 1. The van der Waals surface area contributed by atoms with E-state index in [1.807, 2.05) is 19.1 Å². The van der Waals surface area contributed by atoms with E-state index >= 15 is 0 Å². The number of amides is 1. The van der Waals surface area contributed by atoms with E-state index in [4.69, 9.17) is 19.3 Å². The van der Waals surface area contributed by atoms with Crippen LogP contribution in [-0.4, -0.2) is 36.9 Å². The van der Waals surface area contributed by atoms with Crippen LogP contribution in [0, 0.1) is 0 Å². The fraction of sp³-hybridized carbons (Fsp3) is 0.160. The zero-order valence-electron chi connectivity index (χ0n) is 18.3. The summed E-state index contributed by atoms with van der Waals surface area (Å²) in [6.45, 7) is 2.65. The summed E-state index contributed by atoms with van der Waals surface area (Å²) in [6, 6.07) is 18.6. The Morgan fingerprint density at radius 2 is 1.73 bits per heavy atom. The highest BCUT2D eigenvalue weighted by molar-refractivity contribution is 5.95. The fourth-order valence-corrected chi connectivity index (χ4v) is 2.91. The largest absolute Gasteiger partial charge is 0.493 e. The maximum atomic E-state index is 12.4. The summed E-state index contributed by atoms with van der Waals surface area (Å²) in [5, 5.41) is 13.0. The maximum absolute atomic E-state index is 12.4. The van der Waals surface area contributed by atoms with Crippen molar-refractivity contribution in [3.63, 3.8) is 0 Å². The van der Waals surface area contributed by atoms with Crippen molar-refractivity contribution in [3.8, 4) is 17.2 Å². The van der Waals surface area contributed by atoms with Crippen molar-refractivity contribution >= 4 is 18.1 Å². The number of carboxylic acids is 1. The zero-order chi connectivity index (χ0) is 23.6. The minimum atomic E-state index is -0.969. The number of hydrogen-bond donors (Lipinski definition) is 2. The molecule has 0 heterocycles. The van der Waals surface area contributed by atoms with Gasteiger partial charge in [0.25, 0.3) is 5.91 Å². The minimum absolute atomic E-state index is 0.225. The number of nitrogens with one attached hydrogen (secondary N) is 1. The van der Waals surface area contributed by atoms with Crippen molar-refractivity contribution < 1.29 is 28.9 Å². The summed E-state index contributed by atoms with van der Waals surface area (Å²) in [7, 11) is 1.51. The van der Waals surface area contributed by atoms with Gasteiger partial charge in [-0.25, -0.2) is 10.2 Å². The Labute approximate surface area is 191 Å². The Morgan fingerprint density at radius 1 is 0.970 bits per heavy atom. The molecule has 3 rings (SSSR count). The van der Waals surface area contributed by atoms with Gasteiger partial charge in [-0.15, -0.1) is 0 Å². The molecule has 0 saturated carbocycles. The van der Waals surface area contributed by atoms with Crippen molar-refractivity contribution in [2.45, 2.75) is 13.5 Å². The van der Waals surface area contributed by atoms with Gasteiger partial charge in [0.1, 0.15) is 12.4 Å². The summed E-state index contributed by atoms with van der Waals surface area (Å²) in [6.07, 6.45) is 1.51. The van der Waals surface area contributed by atoms with Crippen molar-refractivity contribution in [1.29, 1.82) is 0 Å². The first-order valence-corrected chi connectivity index (χ1v) is 10.2. The monoisotopic (exact) mass is 448 g/mol. The quantitative estimate of drug-likeness (QED) is 0.357. The number of benzene rings is 3. The second kappa shape index (κ2) is 11.3. The summed E-state index contributed by atoms with van der Waals surface area (Å²) < 4.78 is 16.5. The van der Waals surface area contributed by atoms with E-state index in [9.17, 15) is 9.59 Å². The molecule has 0 spiro atoms. The van der Waals surface area contributed by atoms with Gasteiger partial charge in [-0.3, -0.25) is 4.79 Å². The Kier molecular flexibility index (Phi) is 8.02. The third-order valence-electron chi connectivity index (χ3n) is 4.57. The molecule has 0 aromatic heterocycles. The Balaban J connectivity index is 1.57. The predicted octanol–water partition coefficient (Wildman–Crippen LogP) is 4.14. The van der Waals surface area contributed by atoms with Gasteiger partial charge >= 0.3 is 5.97 Å². The molecule has 0 atom stereocenters. The molecule has 3 aromatic carbocycles. The summed E-state index contributed by atoms with van der Waals surface area (Å²) in [4.78, 5) is 23.3. The average molecular weight is 448 g/mol. The van der Waals surface area contributed by atoms with Crippen LogP contribution in [0.1, 0.15) is 38.8 Å². The normalized spacial score (nSPS) is 10.6. The number of ether oxygens (including phenoxy) is 3. The molecule has 0 unspecified atom stereocenters. The molecule has 3 aromatic rings. The maximum Gasteiger partial charge on any atom is 0.335 e. The number of rotatable bonds is 10. The molecule has 170 valence electrons. The van der Waals surface area contributed by atoms with Crippen LogP contribution in [0.4, 0.5) is 0 Å². The summed E-state index contributed by atoms with van der Waals surface area (Å²) in [5.74, 6) is 0.294. The van der Waals surface area contributed by atoms with Crippen LogP contribution in [0.15, 0.2) is 71.8 Å². The van der Waals surface area contributed by atoms with E-state index in [0.717, 1.165) is 11.1 Å². The Morgan fingerprint density at radius 3 is 2.42 bits per heavy atom. The Hall–Kier alpha value is -4.33. The molecule has 0 bridgehead atoms. The number of carbonyl (C=O) groups is 2. The highest BCUT2D eigenvalue weighted by Crippen LogP contribution is 2.28. The molecule has 1 amide bonds. The van der Waals surface area contributed by atoms with E-state index in [0.29, 0.717) is 29.4 Å². The standard InChI is InChI=1S/C25H24N2O6/c1-3-32-22-12-11-20(14-23(22)31-2)24(28)27-26-15-18-5-4-6-21(13-18)33-16-17-7-9-19(10-8-17)25(29)30/h4-15H,3,16H2,1-2H3,(H,27,28)(H,29,30)/b26-15+. The molecule has 0 aliphatic carbocycles. The minimum Gasteiger partial charge on any atom is -0.493 e. The first-order valence-electron chi connectivity index (χ1n) is 10.2. The molecular weight excluding hydrogens is 424 g/mol. The van der Waals surface area contributed by atoms with E-state index < -0.39 is 5.97 Å². The molecule has 0 aliphatic rings. The van der Waals surface area contributed by atoms with Crippen molar-refractivity contribution in [1.82, 2.24) is 5.43 Å². The molecule has 0 radical (unpaired) electrons. The third kappa shape index (κ3) is 6.57. The van der Waals surface area contributed by atoms with Gasteiger partial charge in [0.2, 0.25) is 0 Å². The van der Waals surface area contributed by atoms with Crippen molar-refractivity contribution in [3.05, 3.63) is 89.0 Å². The van der Waals surface area contributed by atoms with Gasteiger partial charge in [-0.2, -0.15) is 5.10 Å². The van der Waals surface area contributed by atoms with Crippen LogP contribution in [0.5, 0.6) is 17.2 Å². The fourth-order valence-electron chi connectivity index (χ4n) is 2.91. The van der Waals surface area contributed by atoms with Gasteiger partial charge in [-0.05, 0) is 60.5 Å². The number of methoxy groups -OCH3 is 1. The SMILES string of the molecule is CCOc1ccc(C(=O)N/N=C/c2cccc(OCc3ccc(C(=O)O)cc3)c2)cc1OC. The third-order valence-corrected chi connectivity index (χ3v) is 4.57. The van der Waals surface area contributed by atoms with Gasteiger partial charge in [-0.1, -0.05) is 24.3 Å². The van der Waals surface area contributed by atoms with Crippen LogP contribution in [0.25, 0.3) is 0 Å². The molecule has 8 heteroatoms. The molecular formula is C25H24N2O6. The van der Waals surface area contributed by atoms with Crippen LogP contribution >= 0.6 is 0 Å². The number of hydrazone groups is 1. The molecule has 0 aliphatic heterocycles. The van der Waals surface area contributed by atoms with Gasteiger partial charge in [0.15, 0.2) is 11.5 Å². The molecule has 8 nitrogen and oxygen atoms in total. The lowest BCUT2D eigenvalue weighted by molar-refractivity contribution is 0.0696. The van der Waals surface area contributed by atoms with Gasteiger partial charge in [0, 0.05) is 5.56 Å². The molecule has 33 heavy (non-hydrogen) atoms. The van der Waals surface area contributed by atoms with Gasteiger partial charge < -0.3 is 19.3 Å². The van der Waals surface area contributed by atoms with E-state index in [2.05, 4.69) is 10.5 Å². The second-order valence-corrected chi connectivity index (χ2v) is 6.86. The lowest BCUT2D eigenvalue weighted by Gasteiger charge is -2.10. The molecule has 0 saturated heterocycles. The first-order chi connectivity index (χ1) is 16.0. The van der Waals surface area contributed by atoms with E-state index in [-0.39, 0.29) is 18.1 Å². The second-order valence-electron chi connectivity index (χ2n) is 6.86. The highest BCUT2D eigenvalue weighted by atomic mass is 16.5. The average Bonchev–Trinajstić information content (AvgIpc) is 2.83. The smallest absolute Gasteiger partial charge is 0.335 e. The van der Waals surface area contributed by atoms with Gasteiger partial charge in [0.05, 0.1) is 25.5 Å². The van der Waals surface area contributed by atoms with E-state index in [1.165, 1.54) is 25.5 Å². The van der Waals surface area contributed by atoms with Crippen LogP contribution < -0.4 is 19.6 Å². The van der Waals surface area contributed by atoms with Crippen molar-refractivity contribution in [2.24, 2.45) is 5.10 Å². The number of hydrogen-bond acceptors (Lipinski definition) is 6. The zero-order valence-corrected chi connectivity index (χ0v) is 18.3.